The molecule has 0 saturated heterocycles. The Bertz CT molecular complexity index is 635. The zero-order valence-corrected chi connectivity index (χ0v) is 11.1. The molecule has 2 aromatic rings. The fraction of sp³-hybridized carbons (Fsp3) is 0.200. The Morgan fingerprint density at radius 3 is 2.53 bits per heavy atom. The molecule has 1 aromatic carbocycles. The summed E-state index contributed by atoms with van der Waals surface area (Å²) in [6.07, 6.45) is 2.93. The highest BCUT2D eigenvalue weighted by atomic mass is 16.5. The average Bonchev–Trinajstić information content (AvgIpc) is 2.41. The molecule has 0 unspecified atom stereocenters. The summed E-state index contributed by atoms with van der Waals surface area (Å²) < 4.78 is 5.36. The lowest BCUT2D eigenvalue weighted by Gasteiger charge is -2.13. The van der Waals surface area contributed by atoms with Crippen LogP contribution in [0.15, 0.2) is 30.6 Å². The zero-order valence-electron chi connectivity index (χ0n) is 11.1. The number of hydrogen-bond acceptors (Lipinski definition) is 3. The van der Waals surface area contributed by atoms with Gasteiger partial charge >= 0.3 is 5.97 Å². The lowest BCUT2D eigenvalue weighted by atomic mass is 9.97. The number of carboxylic acids is 1. The van der Waals surface area contributed by atoms with Crippen molar-refractivity contribution in [3.63, 3.8) is 0 Å². The van der Waals surface area contributed by atoms with Gasteiger partial charge in [0.1, 0.15) is 5.75 Å². The first-order chi connectivity index (χ1) is 9.04. The SMILES string of the molecule is COc1cc(C)c(C)cc1-c1ccncc1C(=O)O. The second-order valence-electron chi connectivity index (χ2n) is 4.36. The minimum atomic E-state index is -0.997. The molecule has 0 atom stereocenters. The van der Waals surface area contributed by atoms with Crippen LogP contribution in [0.1, 0.15) is 21.5 Å². The highest BCUT2D eigenvalue weighted by Crippen LogP contribution is 2.34. The van der Waals surface area contributed by atoms with Crippen molar-refractivity contribution < 1.29 is 14.6 Å². The van der Waals surface area contributed by atoms with E-state index in [1.807, 2.05) is 26.0 Å². The van der Waals surface area contributed by atoms with Crippen LogP contribution in [0, 0.1) is 13.8 Å². The standard InChI is InChI=1S/C15H15NO3/c1-9-6-12(14(19-3)7-10(9)2)11-4-5-16-8-13(11)15(17)18/h4-8H,1-3H3,(H,17,18). The highest BCUT2D eigenvalue weighted by Gasteiger charge is 2.16. The lowest BCUT2D eigenvalue weighted by Crippen LogP contribution is -2.01. The Morgan fingerprint density at radius 1 is 1.21 bits per heavy atom. The molecule has 1 heterocycles. The van der Waals surface area contributed by atoms with Crippen LogP contribution in [-0.4, -0.2) is 23.2 Å². The summed E-state index contributed by atoms with van der Waals surface area (Å²) in [5.74, 6) is -0.333. The van der Waals surface area contributed by atoms with Gasteiger partial charge in [-0.2, -0.15) is 0 Å². The maximum Gasteiger partial charge on any atom is 0.337 e. The Morgan fingerprint density at radius 2 is 1.89 bits per heavy atom. The molecule has 1 aromatic heterocycles. The summed E-state index contributed by atoms with van der Waals surface area (Å²) in [5.41, 5.74) is 3.74. The number of carbonyl (C=O) groups is 1. The number of ether oxygens (including phenoxy) is 1. The number of pyridine rings is 1. The van der Waals surface area contributed by atoms with Gasteiger partial charge in [-0.1, -0.05) is 0 Å². The van der Waals surface area contributed by atoms with E-state index < -0.39 is 5.97 Å². The molecule has 0 bridgehead atoms. The van der Waals surface area contributed by atoms with Crippen molar-refractivity contribution in [2.24, 2.45) is 0 Å². The lowest BCUT2D eigenvalue weighted by molar-refractivity contribution is 0.0697. The van der Waals surface area contributed by atoms with E-state index in [1.165, 1.54) is 6.20 Å². The summed E-state index contributed by atoms with van der Waals surface area (Å²) in [7, 11) is 1.58. The van der Waals surface area contributed by atoms with E-state index in [0.717, 1.165) is 16.7 Å². The van der Waals surface area contributed by atoms with Crippen molar-refractivity contribution in [2.75, 3.05) is 7.11 Å². The van der Waals surface area contributed by atoms with Gasteiger partial charge in [-0.3, -0.25) is 4.98 Å². The maximum atomic E-state index is 11.3. The first-order valence-electron chi connectivity index (χ1n) is 5.87. The third kappa shape index (κ3) is 2.42. The summed E-state index contributed by atoms with van der Waals surface area (Å²) in [4.78, 5) is 15.1. The molecule has 1 N–H and O–H groups in total. The minimum Gasteiger partial charge on any atom is -0.496 e. The van der Waals surface area contributed by atoms with Crippen LogP contribution in [0.25, 0.3) is 11.1 Å². The molecule has 4 heteroatoms. The predicted molar refractivity (Wildman–Crippen MR) is 72.7 cm³/mol. The van der Waals surface area contributed by atoms with Crippen LogP contribution in [-0.2, 0) is 0 Å². The van der Waals surface area contributed by atoms with Gasteiger partial charge in [-0.25, -0.2) is 4.79 Å². The van der Waals surface area contributed by atoms with Crippen LogP contribution >= 0.6 is 0 Å². The first kappa shape index (κ1) is 13.1. The van der Waals surface area contributed by atoms with E-state index in [9.17, 15) is 9.90 Å². The van der Waals surface area contributed by atoms with Gasteiger partial charge in [0.15, 0.2) is 0 Å². The molecule has 0 spiro atoms. The van der Waals surface area contributed by atoms with Crippen LogP contribution < -0.4 is 4.74 Å². The van der Waals surface area contributed by atoms with Crippen molar-refractivity contribution in [1.82, 2.24) is 4.98 Å². The van der Waals surface area contributed by atoms with Crippen LogP contribution in [0.2, 0.25) is 0 Å². The Labute approximate surface area is 111 Å². The van der Waals surface area contributed by atoms with Gasteiger partial charge in [-0.15, -0.1) is 0 Å². The molecule has 0 aliphatic carbocycles. The number of nitrogens with zero attached hydrogens (tertiary/aromatic N) is 1. The van der Waals surface area contributed by atoms with Gasteiger partial charge in [0.2, 0.25) is 0 Å². The molecule has 0 aliphatic rings. The van der Waals surface area contributed by atoms with E-state index in [0.29, 0.717) is 11.3 Å². The second kappa shape index (κ2) is 5.10. The number of aryl methyl sites for hydroxylation is 2. The fourth-order valence-electron chi connectivity index (χ4n) is 1.97. The van der Waals surface area contributed by atoms with E-state index >= 15 is 0 Å². The van der Waals surface area contributed by atoms with E-state index in [4.69, 9.17) is 4.74 Å². The quantitative estimate of drug-likeness (QED) is 0.918. The van der Waals surface area contributed by atoms with Crippen molar-refractivity contribution in [2.45, 2.75) is 13.8 Å². The molecule has 0 fully saturated rings. The third-order valence-electron chi connectivity index (χ3n) is 3.16. The third-order valence-corrected chi connectivity index (χ3v) is 3.16. The molecular weight excluding hydrogens is 242 g/mol. The number of benzene rings is 1. The highest BCUT2D eigenvalue weighted by molar-refractivity contribution is 5.96. The normalized spacial score (nSPS) is 10.3. The molecule has 2 rings (SSSR count). The van der Waals surface area contributed by atoms with Crippen LogP contribution in [0.4, 0.5) is 0 Å². The number of aromatic carboxylic acids is 1. The molecule has 0 aliphatic heterocycles. The van der Waals surface area contributed by atoms with Crippen molar-refractivity contribution in [1.29, 1.82) is 0 Å². The van der Waals surface area contributed by atoms with Gasteiger partial charge < -0.3 is 9.84 Å². The Balaban J connectivity index is 2.71. The fourth-order valence-corrected chi connectivity index (χ4v) is 1.97. The number of methoxy groups -OCH3 is 1. The van der Waals surface area contributed by atoms with Crippen molar-refractivity contribution in [3.05, 3.63) is 47.3 Å². The van der Waals surface area contributed by atoms with Crippen molar-refractivity contribution >= 4 is 5.97 Å². The maximum absolute atomic E-state index is 11.3. The molecule has 4 nitrogen and oxygen atoms in total. The Hall–Kier alpha value is -2.36. The van der Waals surface area contributed by atoms with E-state index in [1.54, 1.807) is 19.4 Å². The van der Waals surface area contributed by atoms with Crippen molar-refractivity contribution in [3.8, 4) is 16.9 Å². The van der Waals surface area contributed by atoms with Crippen LogP contribution in [0.3, 0.4) is 0 Å². The van der Waals surface area contributed by atoms with E-state index in [-0.39, 0.29) is 5.56 Å². The molecule has 0 amide bonds. The average molecular weight is 257 g/mol. The summed E-state index contributed by atoms with van der Waals surface area (Å²) in [6.45, 7) is 3.98. The first-order valence-corrected chi connectivity index (χ1v) is 5.87. The zero-order chi connectivity index (χ0) is 14.0. The molecule has 0 saturated carbocycles. The predicted octanol–water partition coefficient (Wildman–Crippen LogP) is 3.07. The van der Waals surface area contributed by atoms with Gasteiger partial charge in [0.25, 0.3) is 0 Å². The molecule has 98 valence electrons. The molecular formula is C15H15NO3. The van der Waals surface area contributed by atoms with Gasteiger partial charge in [0.05, 0.1) is 12.7 Å². The number of carboxylic acid groups (broad SMARTS) is 1. The number of hydrogen-bond donors (Lipinski definition) is 1. The summed E-state index contributed by atoms with van der Waals surface area (Å²) >= 11 is 0. The minimum absolute atomic E-state index is 0.170. The monoisotopic (exact) mass is 257 g/mol. The number of rotatable bonds is 3. The largest absolute Gasteiger partial charge is 0.496 e. The second-order valence-corrected chi connectivity index (χ2v) is 4.36. The van der Waals surface area contributed by atoms with Gasteiger partial charge in [0, 0.05) is 23.5 Å². The Kier molecular flexibility index (Phi) is 3.51. The summed E-state index contributed by atoms with van der Waals surface area (Å²) in [5, 5.41) is 9.23. The number of aromatic nitrogens is 1. The smallest absolute Gasteiger partial charge is 0.337 e. The van der Waals surface area contributed by atoms with Crippen LogP contribution in [0.5, 0.6) is 5.75 Å². The molecule has 19 heavy (non-hydrogen) atoms. The van der Waals surface area contributed by atoms with E-state index in [2.05, 4.69) is 4.98 Å². The topological polar surface area (TPSA) is 59.4 Å². The summed E-state index contributed by atoms with van der Waals surface area (Å²) in [6, 6.07) is 5.54. The molecule has 0 radical (unpaired) electrons. The van der Waals surface area contributed by atoms with Gasteiger partial charge in [-0.05, 0) is 43.2 Å².